The minimum atomic E-state index is -4.21. The minimum absolute atomic E-state index is 0.0101. The summed E-state index contributed by atoms with van der Waals surface area (Å²) in [6.45, 7) is 2.12. The zero-order valence-electron chi connectivity index (χ0n) is 20.3. The molecule has 37 heavy (non-hydrogen) atoms. The Morgan fingerprint density at radius 2 is 1.68 bits per heavy atom. The van der Waals surface area contributed by atoms with Crippen molar-refractivity contribution in [3.8, 4) is 0 Å². The summed E-state index contributed by atoms with van der Waals surface area (Å²) in [5, 5.41) is 1.61. The number of benzene rings is 3. The summed E-state index contributed by atoms with van der Waals surface area (Å²) in [5.74, 6) is -2.64. The average Bonchev–Trinajstić information content (AvgIpc) is 2.92. The second-order valence-electron chi connectivity index (χ2n) is 8.37. The highest BCUT2D eigenvalue weighted by Gasteiger charge is 2.33. The third-order valence-corrected chi connectivity index (χ3v) is 7.24. The van der Waals surface area contributed by atoms with E-state index in [2.05, 4.69) is 9.71 Å². The predicted octanol–water partition coefficient (Wildman–Crippen LogP) is 4.81. The summed E-state index contributed by atoms with van der Waals surface area (Å²) in [5.41, 5.74) is 1.43. The monoisotopic (exact) mass is 513 g/mol. The van der Waals surface area contributed by atoms with E-state index in [0.717, 1.165) is 16.3 Å². The summed E-state index contributed by atoms with van der Waals surface area (Å²) in [6.07, 6.45) is 6.74. The molecule has 4 aromatic rings. The van der Waals surface area contributed by atoms with E-state index >= 15 is 0 Å². The van der Waals surface area contributed by atoms with Crippen LogP contribution >= 0.6 is 0 Å². The second-order valence-corrected chi connectivity index (χ2v) is 10.1. The van der Waals surface area contributed by atoms with Crippen LogP contribution in [0.15, 0.2) is 108 Å². The van der Waals surface area contributed by atoms with E-state index in [1.165, 1.54) is 17.0 Å². The lowest BCUT2D eigenvalue weighted by Gasteiger charge is -2.25. The maximum absolute atomic E-state index is 13.6. The zero-order valence-corrected chi connectivity index (χ0v) is 21.1. The largest absolute Gasteiger partial charge is 0.312 e. The van der Waals surface area contributed by atoms with Crippen molar-refractivity contribution in [1.29, 1.82) is 0 Å². The number of hydrogen-bond acceptors (Lipinski definition) is 5. The lowest BCUT2D eigenvalue weighted by Crippen LogP contribution is -2.45. The number of carbonyl (C=O) groups excluding carboxylic acids is 2. The Balaban J connectivity index is 1.62. The number of carbonyl (C=O) groups is 2. The molecular formula is C29H27N3O4S. The second kappa shape index (κ2) is 11.6. The van der Waals surface area contributed by atoms with Crippen molar-refractivity contribution in [2.45, 2.75) is 18.2 Å². The van der Waals surface area contributed by atoms with Gasteiger partial charge in [0.2, 0.25) is 11.8 Å². The highest BCUT2D eigenvalue weighted by Crippen LogP contribution is 2.22. The molecule has 1 atom stereocenters. The molecule has 0 aliphatic carbocycles. The first kappa shape index (κ1) is 25.8. The molecular weight excluding hydrogens is 486 g/mol. The van der Waals surface area contributed by atoms with Crippen molar-refractivity contribution >= 4 is 44.4 Å². The number of rotatable bonds is 9. The van der Waals surface area contributed by atoms with E-state index in [-0.39, 0.29) is 11.3 Å². The van der Waals surface area contributed by atoms with Gasteiger partial charge in [-0.2, -0.15) is 0 Å². The van der Waals surface area contributed by atoms with E-state index in [0.29, 0.717) is 12.2 Å². The van der Waals surface area contributed by atoms with E-state index in [1.54, 1.807) is 73.9 Å². The minimum Gasteiger partial charge on any atom is -0.312 e. The van der Waals surface area contributed by atoms with Crippen LogP contribution in [-0.2, 0) is 19.6 Å². The molecule has 4 rings (SSSR count). The number of sulfonamides is 1. The predicted molar refractivity (Wildman–Crippen MR) is 145 cm³/mol. The van der Waals surface area contributed by atoms with Gasteiger partial charge in [-0.05, 0) is 60.0 Å². The van der Waals surface area contributed by atoms with Crippen molar-refractivity contribution in [2.24, 2.45) is 5.92 Å². The van der Waals surface area contributed by atoms with Crippen LogP contribution in [0.2, 0.25) is 0 Å². The van der Waals surface area contributed by atoms with Gasteiger partial charge < -0.3 is 4.90 Å². The van der Waals surface area contributed by atoms with Gasteiger partial charge >= 0.3 is 0 Å². The molecule has 1 N–H and O–H groups in total. The number of fused-ring (bicyclic) bond motifs is 1. The number of allylic oxidation sites excluding steroid dienone is 1. The van der Waals surface area contributed by atoms with Crippen LogP contribution in [0.4, 0.5) is 5.69 Å². The number of amides is 2. The molecule has 0 aliphatic rings. The van der Waals surface area contributed by atoms with Gasteiger partial charge in [0, 0.05) is 24.6 Å². The van der Waals surface area contributed by atoms with Crippen molar-refractivity contribution < 1.29 is 18.0 Å². The highest BCUT2D eigenvalue weighted by atomic mass is 32.2. The number of anilines is 1. The van der Waals surface area contributed by atoms with Crippen LogP contribution < -0.4 is 9.62 Å². The third kappa shape index (κ3) is 6.29. The smallest absolute Gasteiger partial charge is 0.264 e. The van der Waals surface area contributed by atoms with Gasteiger partial charge in [0.15, 0.2) is 0 Å². The fourth-order valence-electron chi connectivity index (χ4n) is 3.99. The molecule has 7 nitrogen and oxygen atoms in total. The maximum Gasteiger partial charge on any atom is 0.264 e. The molecule has 3 aromatic carbocycles. The zero-order chi connectivity index (χ0) is 26.3. The van der Waals surface area contributed by atoms with Gasteiger partial charge in [0.05, 0.1) is 4.90 Å². The Labute approximate surface area is 216 Å². The van der Waals surface area contributed by atoms with Crippen LogP contribution in [-0.4, -0.2) is 31.8 Å². The first-order valence-electron chi connectivity index (χ1n) is 11.9. The van der Waals surface area contributed by atoms with Crippen molar-refractivity contribution in [2.75, 3.05) is 11.4 Å². The quantitative estimate of drug-likeness (QED) is 0.324. The van der Waals surface area contributed by atoms with Crippen LogP contribution in [0.25, 0.3) is 16.8 Å². The van der Waals surface area contributed by atoms with Crippen LogP contribution in [0.3, 0.4) is 0 Å². The number of aromatic nitrogens is 1. The lowest BCUT2D eigenvalue weighted by atomic mass is 10.0. The van der Waals surface area contributed by atoms with Crippen molar-refractivity contribution in [3.63, 3.8) is 0 Å². The van der Waals surface area contributed by atoms with Crippen LogP contribution in [0.1, 0.15) is 18.9 Å². The molecule has 0 saturated heterocycles. The molecule has 188 valence electrons. The summed E-state index contributed by atoms with van der Waals surface area (Å²) >= 11 is 0. The Bertz CT molecular complexity index is 1520. The molecule has 0 bridgehead atoms. The normalized spacial score (nSPS) is 12.4. The number of pyridine rings is 1. The first-order valence-corrected chi connectivity index (χ1v) is 13.4. The van der Waals surface area contributed by atoms with Gasteiger partial charge in [0.25, 0.3) is 10.0 Å². The molecule has 0 radical (unpaired) electrons. The van der Waals surface area contributed by atoms with E-state index in [1.807, 2.05) is 30.3 Å². The standard InChI is InChI=1S/C29H27N3O4S/c1-2-32(25-14-4-3-5-15-25)29(34)27(16-8-10-22-11-9-19-30-21-22)28(33)31-37(35,36)26-18-17-23-12-6-7-13-24(23)20-26/h3-15,17-21,27H,2,16H2,1H3,(H,31,33). The topological polar surface area (TPSA) is 96.4 Å². The average molecular weight is 514 g/mol. The van der Waals surface area contributed by atoms with E-state index in [4.69, 9.17) is 0 Å². The Morgan fingerprint density at radius 1 is 0.946 bits per heavy atom. The summed E-state index contributed by atoms with van der Waals surface area (Å²) in [4.78, 5) is 32.4. The molecule has 2 amide bonds. The first-order chi connectivity index (χ1) is 17.9. The lowest BCUT2D eigenvalue weighted by molar-refractivity contribution is -0.132. The molecule has 0 fully saturated rings. The molecule has 0 spiro atoms. The third-order valence-electron chi connectivity index (χ3n) is 5.90. The van der Waals surface area contributed by atoms with Gasteiger partial charge in [-0.3, -0.25) is 14.6 Å². The Hall–Kier alpha value is -4.30. The molecule has 1 aromatic heterocycles. The Morgan fingerprint density at radius 3 is 2.38 bits per heavy atom. The maximum atomic E-state index is 13.6. The van der Waals surface area contributed by atoms with E-state index in [9.17, 15) is 18.0 Å². The molecule has 0 aliphatic heterocycles. The molecule has 8 heteroatoms. The fraction of sp³-hybridized carbons (Fsp3) is 0.138. The van der Waals surface area contributed by atoms with Crippen LogP contribution in [0.5, 0.6) is 0 Å². The van der Waals surface area contributed by atoms with Crippen molar-refractivity contribution in [3.05, 3.63) is 109 Å². The van der Waals surface area contributed by atoms with Crippen LogP contribution in [0, 0.1) is 5.92 Å². The number of nitrogens with one attached hydrogen (secondary N) is 1. The Kier molecular flexibility index (Phi) is 8.10. The molecule has 1 heterocycles. The van der Waals surface area contributed by atoms with Gasteiger partial charge in [0.1, 0.15) is 5.92 Å². The van der Waals surface area contributed by atoms with Gasteiger partial charge in [-0.15, -0.1) is 0 Å². The summed E-state index contributed by atoms with van der Waals surface area (Å²) < 4.78 is 28.4. The molecule has 0 saturated carbocycles. The van der Waals surface area contributed by atoms with Gasteiger partial charge in [-0.1, -0.05) is 66.7 Å². The summed E-state index contributed by atoms with van der Waals surface area (Å²) in [7, 11) is -4.21. The number of para-hydroxylation sites is 1. The highest BCUT2D eigenvalue weighted by molar-refractivity contribution is 7.90. The summed E-state index contributed by atoms with van der Waals surface area (Å²) in [6, 6.07) is 24.6. The SMILES string of the molecule is CCN(C(=O)C(CC=Cc1cccnc1)C(=O)NS(=O)(=O)c1ccc2ccccc2c1)c1ccccc1. The number of hydrogen-bond donors (Lipinski definition) is 1. The van der Waals surface area contributed by atoms with Gasteiger partial charge in [-0.25, -0.2) is 13.1 Å². The fourth-order valence-corrected chi connectivity index (χ4v) is 5.05. The molecule has 1 unspecified atom stereocenters. The number of nitrogens with zero attached hydrogens (tertiary/aromatic N) is 2. The van der Waals surface area contributed by atoms with E-state index < -0.39 is 27.8 Å². The van der Waals surface area contributed by atoms with Crippen molar-refractivity contribution in [1.82, 2.24) is 9.71 Å².